The third-order valence-corrected chi connectivity index (χ3v) is 5.45. The molecule has 1 aromatic heterocycles. The number of carboxylic acid groups (broad SMARTS) is 1. The Balaban J connectivity index is 2.00. The third-order valence-electron chi connectivity index (χ3n) is 4.17. The molecule has 1 aliphatic heterocycles. The van der Waals surface area contributed by atoms with Gasteiger partial charge in [-0.3, -0.25) is 14.4 Å². The van der Waals surface area contributed by atoms with Crippen molar-refractivity contribution < 1.29 is 32.3 Å². The summed E-state index contributed by atoms with van der Waals surface area (Å²) in [5.74, 6) is -2.78. The fourth-order valence-corrected chi connectivity index (χ4v) is 3.30. The van der Waals surface area contributed by atoms with Crippen LogP contribution in [0.1, 0.15) is 23.4 Å². The number of nitrogens with one attached hydrogen (secondary N) is 1. The lowest BCUT2D eigenvalue weighted by molar-refractivity contribution is -0.145. The van der Waals surface area contributed by atoms with Crippen molar-refractivity contribution >= 4 is 27.8 Å². The summed E-state index contributed by atoms with van der Waals surface area (Å²) in [5.41, 5.74) is 0. The van der Waals surface area contributed by atoms with Gasteiger partial charge in [0.15, 0.2) is 5.76 Å². The molecule has 2 rings (SSSR count). The Morgan fingerprint density at radius 3 is 2.69 bits per heavy atom. The Hall–Kier alpha value is -2.40. The predicted octanol–water partition coefficient (Wildman–Crippen LogP) is -0.417. The molecule has 144 valence electrons. The van der Waals surface area contributed by atoms with Gasteiger partial charge in [0.05, 0.1) is 12.5 Å². The second-order valence-electron chi connectivity index (χ2n) is 6.00. The van der Waals surface area contributed by atoms with Crippen LogP contribution in [-0.2, 0) is 19.6 Å². The molecule has 1 aromatic rings. The number of nitrogens with zero attached hydrogens (tertiary/aromatic N) is 2. The lowest BCUT2D eigenvalue weighted by atomic mass is 9.98. The van der Waals surface area contributed by atoms with E-state index in [4.69, 9.17) is 9.52 Å². The van der Waals surface area contributed by atoms with Gasteiger partial charge in [0.2, 0.25) is 11.0 Å². The van der Waals surface area contributed by atoms with E-state index in [-0.39, 0.29) is 24.8 Å². The quantitative estimate of drug-likeness (QED) is 0.676. The average Bonchev–Trinajstić information content (AvgIpc) is 3.12. The number of amides is 2. The van der Waals surface area contributed by atoms with Crippen molar-refractivity contribution in [1.82, 2.24) is 14.5 Å². The van der Waals surface area contributed by atoms with Crippen LogP contribution in [0.2, 0.25) is 0 Å². The maximum absolute atomic E-state index is 12.3. The molecule has 1 unspecified atom stereocenters. The van der Waals surface area contributed by atoms with E-state index in [0.29, 0.717) is 19.4 Å². The van der Waals surface area contributed by atoms with Crippen LogP contribution in [0.15, 0.2) is 21.6 Å². The van der Waals surface area contributed by atoms with Crippen LogP contribution in [-0.4, -0.2) is 74.8 Å². The minimum atomic E-state index is -3.81. The van der Waals surface area contributed by atoms with Gasteiger partial charge in [-0.2, -0.15) is 0 Å². The van der Waals surface area contributed by atoms with Crippen molar-refractivity contribution in [3.63, 3.8) is 0 Å². The molecule has 0 spiro atoms. The number of carbonyl (C=O) groups excluding carboxylic acids is 2. The number of hydrogen-bond donors (Lipinski definition) is 2. The minimum Gasteiger partial charge on any atom is -0.481 e. The lowest BCUT2D eigenvalue weighted by Gasteiger charge is -2.31. The van der Waals surface area contributed by atoms with Gasteiger partial charge in [0.25, 0.3) is 15.9 Å². The Morgan fingerprint density at radius 1 is 1.38 bits per heavy atom. The number of furan rings is 1. The molecule has 2 amide bonds. The van der Waals surface area contributed by atoms with Gasteiger partial charge in [-0.25, -0.2) is 13.1 Å². The Bertz CT molecular complexity index is 802. The molecule has 0 bridgehead atoms. The van der Waals surface area contributed by atoms with Gasteiger partial charge in [0.1, 0.15) is 0 Å². The molecule has 1 fully saturated rings. The monoisotopic (exact) mass is 387 g/mol. The number of likely N-dealkylation sites (N-methyl/N-ethyl adjacent to an activating group) is 1. The summed E-state index contributed by atoms with van der Waals surface area (Å²) in [6.45, 7) is 0.289. The molecule has 2 heterocycles. The zero-order valence-electron chi connectivity index (χ0n) is 14.5. The summed E-state index contributed by atoms with van der Waals surface area (Å²) in [4.78, 5) is 38.2. The summed E-state index contributed by atoms with van der Waals surface area (Å²) < 4.78 is 30.4. The molecule has 1 atom stereocenters. The second kappa shape index (κ2) is 7.87. The number of piperidine rings is 1. The molecule has 0 aromatic carbocycles. The van der Waals surface area contributed by atoms with E-state index >= 15 is 0 Å². The number of rotatable bonds is 6. The highest BCUT2D eigenvalue weighted by Crippen LogP contribution is 2.18. The first-order valence-corrected chi connectivity index (χ1v) is 9.43. The fraction of sp³-hybridized carbons (Fsp3) is 0.533. The largest absolute Gasteiger partial charge is 0.481 e. The van der Waals surface area contributed by atoms with Gasteiger partial charge < -0.3 is 19.3 Å². The first kappa shape index (κ1) is 19.9. The van der Waals surface area contributed by atoms with E-state index in [1.165, 1.54) is 25.1 Å². The lowest BCUT2D eigenvalue weighted by Crippen LogP contribution is -2.46. The van der Waals surface area contributed by atoms with Crippen LogP contribution in [0.25, 0.3) is 0 Å². The number of carboxylic acids is 1. The minimum absolute atomic E-state index is 0.113. The van der Waals surface area contributed by atoms with Crippen molar-refractivity contribution in [2.45, 2.75) is 17.9 Å². The highest BCUT2D eigenvalue weighted by atomic mass is 32.2. The summed E-state index contributed by atoms with van der Waals surface area (Å²) >= 11 is 0. The molecule has 0 saturated carbocycles. The molecule has 0 radical (unpaired) electrons. The molecule has 1 saturated heterocycles. The Kier molecular flexibility index (Phi) is 6.03. The van der Waals surface area contributed by atoms with E-state index in [1.807, 2.05) is 0 Å². The second-order valence-corrected chi connectivity index (χ2v) is 7.82. The number of aliphatic carboxylic acids is 1. The van der Waals surface area contributed by atoms with Crippen LogP contribution < -0.4 is 4.72 Å². The van der Waals surface area contributed by atoms with Crippen molar-refractivity contribution in [3.05, 3.63) is 17.9 Å². The Labute approximate surface area is 150 Å². The van der Waals surface area contributed by atoms with E-state index in [1.54, 1.807) is 0 Å². The van der Waals surface area contributed by atoms with Gasteiger partial charge in [0, 0.05) is 20.1 Å². The van der Waals surface area contributed by atoms with Crippen LogP contribution in [0.5, 0.6) is 0 Å². The van der Waals surface area contributed by atoms with Crippen LogP contribution in [0.4, 0.5) is 0 Å². The normalized spacial score (nSPS) is 17.8. The molecular weight excluding hydrogens is 366 g/mol. The number of hydrogen-bond acceptors (Lipinski definition) is 6. The summed E-state index contributed by atoms with van der Waals surface area (Å²) in [6, 6.07) is 2.37. The molecule has 11 heteroatoms. The predicted molar refractivity (Wildman–Crippen MR) is 88.9 cm³/mol. The molecule has 1 aliphatic rings. The van der Waals surface area contributed by atoms with Crippen molar-refractivity contribution in [2.24, 2.45) is 5.92 Å². The van der Waals surface area contributed by atoms with Crippen molar-refractivity contribution in [2.75, 3.05) is 33.7 Å². The third kappa shape index (κ3) is 4.41. The van der Waals surface area contributed by atoms with Crippen molar-refractivity contribution in [1.29, 1.82) is 0 Å². The SMILES string of the molecule is CNS(=O)(=O)c1ccc(C(=O)N(C)CC(=O)N2CCCC(C(=O)O)C2)o1. The maximum Gasteiger partial charge on any atom is 0.308 e. The van der Waals surface area contributed by atoms with Gasteiger partial charge in [-0.15, -0.1) is 0 Å². The number of sulfonamides is 1. The molecule has 26 heavy (non-hydrogen) atoms. The van der Waals surface area contributed by atoms with Gasteiger partial charge in [-0.05, 0) is 32.0 Å². The zero-order chi connectivity index (χ0) is 19.5. The smallest absolute Gasteiger partial charge is 0.308 e. The average molecular weight is 387 g/mol. The first-order valence-electron chi connectivity index (χ1n) is 7.95. The highest BCUT2D eigenvalue weighted by molar-refractivity contribution is 7.89. The first-order chi connectivity index (χ1) is 12.2. The summed E-state index contributed by atoms with van der Waals surface area (Å²) in [6.07, 6.45) is 1.10. The fourth-order valence-electron chi connectivity index (χ4n) is 2.65. The molecule has 0 aliphatic carbocycles. The van der Waals surface area contributed by atoms with Crippen LogP contribution in [0.3, 0.4) is 0 Å². The Morgan fingerprint density at radius 2 is 2.08 bits per heavy atom. The standard InChI is InChI=1S/C15H21N3O7S/c1-16-26(23,24)13-6-5-11(25-13)14(20)17(2)9-12(19)18-7-3-4-10(8-18)15(21)22/h5-6,10,16H,3-4,7-9H2,1-2H3,(H,21,22). The topological polar surface area (TPSA) is 137 Å². The maximum atomic E-state index is 12.3. The van der Waals surface area contributed by atoms with Gasteiger partial charge >= 0.3 is 5.97 Å². The van der Waals surface area contributed by atoms with E-state index in [0.717, 1.165) is 11.0 Å². The van der Waals surface area contributed by atoms with Crippen LogP contribution >= 0.6 is 0 Å². The van der Waals surface area contributed by atoms with Crippen molar-refractivity contribution in [3.8, 4) is 0 Å². The highest BCUT2D eigenvalue weighted by Gasteiger charge is 2.29. The molecule has 2 N–H and O–H groups in total. The van der Waals surface area contributed by atoms with E-state index in [9.17, 15) is 22.8 Å². The van der Waals surface area contributed by atoms with E-state index < -0.39 is 32.9 Å². The summed E-state index contributed by atoms with van der Waals surface area (Å²) in [7, 11) is -1.21. The summed E-state index contributed by atoms with van der Waals surface area (Å²) in [5, 5.41) is 8.68. The number of likely N-dealkylation sites (tertiary alicyclic amines) is 1. The number of carbonyl (C=O) groups is 3. The van der Waals surface area contributed by atoms with E-state index in [2.05, 4.69) is 4.72 Å². The molecule has 10 nitrogen and oxygen atoms in total. The van der Waals surface area contributed by atoms with Crippen LogP contribution in [0, 0.1) is 5.92 Å². The zero-order valence-corrected chi connectivity index (χ0v) is 15.3. The molecular formula is C15H21N3O7S. The van der Waals surface area contributed by atoms with Gasteiger partial charge in [-0.1, -0.05) is 0 Å².